The molecule has 1 heterocycles. The highest BCUT2D eigenvalue weighted by atomic mass is 16.6. The Kier molecular flexibility index (Phi) is 6.65. The minimum atomic E-state index is -0.679. The number of benzene rings is 1. The van der Waals surface area contributed by atoms with Gasteiger partial charge in [-0.1, -0.05) is 0 Å². The predicted molar refractivity (Wildman–Crippen MR) is 98.7 cm³/mol. The maximum Gasteiger partial charge on any atom is 0.411 e. The molecule has 1 fully saturated rings. The summed E-state index contributed by atoms with van der Waals surface area (Å²) in [6, 6.07) is 5.62. The van der Waals surface area contributed by atoms with Gasteiger partial charge in [-0.05, 0) is 64.3 Å². The van der Waals surface area contributed by atoms with E-state index in [1.807, 2.05) is 0 Å². The van der Waals surface area contributed by atoms with Crippen molar-refractivity contribution >= 4 is 23.8 Å². The molecule has 0 spiro atoms. The molecular formula is C19H26N2O6. The zero-order valence-corrected chi connectivity index (χ0v) is 16.1. The summed E-state index contributed by atoms with van der Waals surface area (Å²) in [5.74, 6) is -0.181. The van der Waals surface area contributed by atoms with Crippen LogP contribution in [0.1, 0.15) is 40.0 Å². The topological polar surface area (TPSA) is 94.2 Å². The fraction of sp³-hybridized carbons (Fsp3) is 0.526. The van der Waals surface area contributed by atoms with Crippen LogP contribution in [-0.2, 0) is 14.3 Å². The van der Waals surface area contributed by atoms with Crippen LogP contribution in [0.3, 0.4) is 0 Å². The van der Waals surface area contributed by atoms with E-state index in [9.17, 15) is 14.4 Å². The summed E-state index contributed by atoms with van der Waals surface area (Å²) >= 11 is 0. The second kappa shape index (κ2) is 8.75. The fourth-order valence-electron chi connectivity index (χ4n) is 2.68. The second-order valence-electron chi connectivity index (χ2n) is 7.25. The van der Waals surface area contributed by atoms with E-state index in [4.69, 9.17) is 9.47 Å². The van der Waals surface area contributed by atoms with Crippen molar-refractivity contribution in [3.63, 3.8) is 0 Å². The molecule has 1 atom stereocenters. The van der Waals surface area contributed by atoms with Crippen LogP contribution in [0.5, 0.6) is 5.75 Å². The van der Waals surface area contributed by atoms with Gasteiger partial charge in [0.1, 0.15) is 17.4 Å². The van der Waals surface area contributed by atoms with Crippen LogP contribution in [0, 0.1) is 0 Å². The van der Waals surface area contributed by atoms with Gasteiger partial charge in [0.2, 0.25) is 0 Å². The molecule has 1 aliphatic heterocycles. The van der Waals surface area contributed by atoms with Crippen LogP contribution in [0.15, 0.2) is 24.3 Å². The SMILES string of the molecule is COC(=O)Nc1ccc(OC(=O)[C@@H]2CCCCN2C(=O)OC(C)(C)C)cc1. The summed E-state index contributed by atoms with van der Waals surface area (Å²) in [4.78, 5) is 37.6. The number of piperidine rings is 1. The van der Waals surface area contributed by atoms with Gasteiger partial charge < -0.3 is 14.2 Å². The highest BCUT2D eigenvalue weighted by molar-refractivity contribution is 5.85. The molecule has 8 nitrogen and oxygen atoms in total. The average molecular weight is 378 g/mol. The molecule has 1 aliphatic rings. The fourth-order valence-corrected chi connectivity index (χ4v) is 2.68. The Labute approximate surface area is 158 Å². The third-order valence-electron chi connectivity index (χ3n) is 3.91. The van der Waals surface area contributed by atoms with Crippen LogP contribution in [-0.4, -0.2) is 48.4 Å². The van der Waals surface area contributed by atoms with E-state index in [1.54, 1.807) is 45.0 Å². The molecule has 0 aromatic heterocycles. The number of hydrogen-bond donors (Lipinski definition) is 1. The van der Waals surface area contributed by atoms with Gasteiger partial charge in [0.05, 0.1) is 7.11 Å². The van der Waals surface area contributed by atoms with Crippen LogP contribution >= 0.6 is 0 Å². The van der Waals surface area contributed by atoms with Crippen molar-refractivity contribution in [3.05, 3.63) is 24.3 Å². The van der Waals surface area contributed by atoms with E-state index < -0.39 is 29.8 Å². The minimum absolute atomic E-state index is 0.324. The summed E-state index contributed by atoms with van der Waals surface area (Å²) in [6.45, 7) is 5.81. The van der Waals surface area contributed by atoms with E-state index in [-0.39, 0.29) is 0 Å². The molecule has 27 heavy (non-hydrogen) atoms. The van der Waals surface area contributed by atoms with Crippen LogP contribution in [0.2, 0.25) is 0 Å². The molecular weight excluding hydrogens is 352 g/mol. The van der Waals surface area contributed by atoms with Crippen molar-refractivity contribution in [2.24, 2.45) is 0 Å². The number of carbonyl (C=O) groups is 3. The Morgan fingerprint density at radius 1 is 1.11 bits per heavy atom. The molecule has 0 unspecified atom stereocenters. The molecule has 1 N–H and O–H groups in total. The Morgan fingerprint density at radius 2 is 1.78 bits per heavy atom. The third kappa shape index (κ3) is 6.16. The Morgan fingerprint density at radius 3 is 2.37 bits per heavy atom. The lowest BCUT2D eigenvalue weighted by molar-refractivity contribution is -0.141. The van der Waals surface area contributed by atoms with Crippen molar-refractivity contribution in [1.29, 1.82) is 0 Å². The lowest BCUT2D eigenvalue weighted by Crippen LogP contribution is -2.51. The van der Waals surface area contributed by atoms with Crippen molar-refractivity contribution in [2.45, 2.75) is 51.7 Å². The first-order valence-corrected chi connectivity index (χ1v) is 8.86. The summed E-state index contributed by atoms with van der Waals surface area (Å²) in [5, 5.41) is 2.51. The van der Waals surface area contributed by atoms with E-state index in [0.29, 0.717) is 24.4 Å². The maximum atomic E-state index is 12.6. The molecule has 0 saturated carbocycles. The van der Waals surface area contributed by atoms with E-state index in [2.05, 4.69) is 10.1 Å². The molecule has 2 amide bonds. The van der Waals surface area contributed by atoms with Gasteiger partial charge >= 0.3 is 18.2 Å². The Hall–Kier alpha value is -2.77. The van der Waals surface area contributed by atoms with Gasteiger partial charge in [0.25, 0.3) is 0 Å². The standard InChI is InChI=1S/C19H26N2O6/c1-19(2,3)27-18(24)21-12-6-5-7-15(21)16(22)26-14-10-8-13(9-11-14)20-17(23)25-4/h8-11,15H,5-7,12H2,1-4H3,(H,20,23)/t15-/m0/s1. The van der Waals surface area contributed by atoms with Crippen molar-refractivity contribution < 1.29 is 28.6 Å². The normalized spacial score (nSPS) is 17.0. The molecule has 1 aromatic carbocycles. The van der Waals surface area contributed by atoms with Crippen molar-refractivity contribution in [2.75, 3.05) is 19.0 Å². The lowest BCUT2D eigenvalue weighted by Gasteiger charge is -2.35. The monoisotopic (exact) mass is 378 g/mol. The number of carbonyl (C=O) groups excluding carboxylic acids is 3. The van der Waals surface area contributed by atoms with Crippen LogP contribution < -0.4 is 10.1 Å². The van der Waals surface area contributed by atoms with Crippen LogP contribution in [0.25, 0.3) is 0 Å². The number of amides is 2. The molecule has 8 heteroatoms. The number of nitrogens with one attached hydrogen (secondary N) is 1. The Bertz CT molecular complexity index is 680. The third-order valence-corrected chi connectivity index (χ3v) is 3.91. The van der Waals surface area contributed by atoms with Crippen LogP contribution in [0.4, 0.5) is 15.3 Å². The van der Waals surface area contributed by atoms with Gasteiger partial charge in [0, 0.05) is 12.2 Å². The number of likely N-dealkylation sites (tertiary alicyclic amines) is 1. The zero-order valence-electron chi connectivity index (χ0n) is 16.1. The Balaban J connectivity index is 2.02. The summed E-state index contributed by atoms with van der Waals surface area (Å²) in [6.07, 6.45) is 1.08. The molecule has 2 rings (SSSR count). The van der Waals surface area contributed by atoms with Gasteiger partial charge in [-0.25, -0.2) is 14.4 Å². The summed E-state index contributed by atoms with van der Waals surface area (Å²) < 4.78 is 15.3. The van der Waals surface area contributed by atoms with Gasteiger partial charge in [-0.3, -0.25) is 10.2 Å². The first kappa shape index (κ1) is 20.5. The molecule has 1 saturated heterocycles. The number of anilines is 1. The van der Waals surface area contributed by atoms with E-state index >= 15 is 0 Å². The highest BCUT2D eigenvalue weighted by Crippen LogP contribution is 2.23. The quantitative estimate of drug-likeness (QED) is 0.638. The number of ether oxygens (including phenoxy) is 3. The van der Waals surface area contributed by atoms with Crippen molar-refractivity contribution in [3.8, 4) is 5.75 Å². The molecule has 0 bridgehead atoms. The molecule has 1 aromatic rings. The predicted octanol–water partition coefficient (Wildman–Crippen LogP) is 3.56. The largest absolute Gasteiger partial charge is 0.453 e. The van der Waals surface area contributed by atoms with Crippen molar-refractivity contribution in [1.82, 2.24) is 4.90 Å². The number of nitrogens with zero attached hydrogens (tertiary/aromatic N) is 1. The van der Waals surface area contributed by atoms with Gasteiger partial charge in [0.15, 0.2) is 0 Å². The summed E-state index contributed by atoms with van der Waals surface area (Å²) in [7, 11) is 1.27. The number of hydrogen-bond acceptors (Lipinski definition) is 6. The zero-order chi connectivity index (χ0) is 20.0. The lowest BCUT2D eigenvalue weighted by atomic mass is 10.0. The number of esters is 1. The summed E-state index contributed by atoms with van der Waals surface area (Å²) in [5.41, 5.74) is -0.124. The van der Waals surface area contributed by atoms with Gasteiger partial charge in [-0.2, -0.15) is 0 Å². The average Bonchev–Trinajstić information content (AvgIpc) is 2.61. The van der Waals surface area contributed by atoms with E-state index in [0.717, 1.165) is 12.8 Å². The maximum absolute atomic E-state index is 12.6. The minimum Gasteiger partial charge on any atom is -0.453 e. The highest BCUT2D eigenvalue weighted by Gasteiger charge is 2.36. The van der Waals surface area contributed by atoms with E-state index in [1.165, 1.54) is 12.0 Å². The molecule has 0 radical (unpaired) electrons. The first-order chi connectivity index (χ1) is 12.7. The number of rotatable bonds is 3. The smallest absolute Gasteiger partial charge is 0.411 e. The number of methoxy groups -OCH3 is 1. The second-order valence-corrected chi connectivity index (χ2v) is 7.25. The molecule has 0 aliphatic carbocycles. The first-order valence-electron chi connectivity index (χ1n) is 8.86. The molecule has 148 valence electrons. The van der Waals surface area contributed by atoms with Gasteiger partial charge in [-0.15, -0.1) is 0 Å².